The molecule has 0 radical (unpaired) electrons. The number of aliphatic hydroxyl groups excluding tert-OH is 1. The Labute approximate surface area is 126 Å². The van der Waals surface area contributed by atoms with Crippen LogP contribution in [-0.2, 0) is 4.74 Å². The van der Waals surface area contributed by atoms with Crippen LogP contribution in [0.4, 0.5) is 0 Å². The Morgan fingerprint density at radius 3 is 2.10 bits per heavy atom. The topological polar surface area (TPSA) is 29.5 Å². The summed E-state index contributed by atoms with van der Waals surface area (Å²) in [7, 11) is 0. The lowest BCUT2D eigenvalue weighted by atomic mass is 10.0. The highest BCUT2D eigenvalue weighted by atomic mass is 16.5. The van der Waals surface area contributed by atoms with Crippen molar-refractivity contribution in [3.05, 3.63) is 0 Å². The Bertz CT molecular complexity index is 200. The van der Waals surface area contributed by atoms with Crippen LogP contribution in [0.25, 0.3) is 0 Å². The zero-order valence-electron chi connectivity index (χ0n) is 13.6. The summed E-state index contributed by atoms with van der Waals surface area (Å²) in [6.45, 7) is 3.17. The molecule has 1 heterocycles. The van der Waals surface area contributed by atoms with Crippen LogP contribution in [0.1, 0.15) is 96.8 Å². The summed E-state index contributed by atoms with van der Waals surface area (Å²) in [5.74, 6) is 0. The second kappa shape index (κ2) is 12.6. The fraction of sp³-hybridized carbons (Fsp3) is 1.00. The normalized spacial score (nSPS) is 20.4. The molecule has 0 spiro atoms. The molecule has 2 unspecified atom stereocenters. The molecule has 1 N–H and O–H groups in total. The molecule has 120 valence electrons. The van der Waals surface area contributed by atoms with Gasteiger partial charge in [0.05, 0.1) is 12.2 Å². The van der Waals surface area contributed by atoms with E-state index in [1.807, 2.05) is 0 Å². The fourth-order valence-corrected chi connectivity index (χ4v) is 3.12. The molecule has 0 aliphatic carbocycles. The SMILES string of the molecule is CCCCCCCCCCCCC(O)CC1CCCO1. The third-order valence-corrected chi connectivity index (χ3v) is 4.45. The first-order chi connectivity index (χ1) is 9.83. The molecule has 1 aliphatic heterocycles. The van der Waals surface area contributed by atoms with Gasteiger partial charge in [0.1, 0.15) is 0 Å². The molecular formula is C18H36O2. The van der Waals surface area contributed by atoms with Crippen LogP contribution in [0.2, 0.25) is 0 Å². The number of hydrogen-bond acceptors (Lipinski definition) is 2. The quantitative estimate of drug-likeness (QED) is 0.469. The molecule has 0 aromatic heterocycles. The molecule has 0 saturated carbocycles. The van der Waals surface area contributed by atoms with E-state index < -0.39 is 0 Å². The summed E-state index contributed by atoms with van der Waals surface area (Å²) >= 11 is 0. The van der Waals surface area contributed by atoms with Crippen LogP contribution >= 0.6 is 0 Å². The Morgan fingerprint density at radius 1 is 0.950 bits per heavy atom. The molecule has 0 amide bonds. The Balaban J connectivity index is 1.77. The van der Waals surface area contributed by atoms with Gasteiger partial charge in [-0.2, -0.15) is 0 Å². The molecule has 20 heavy (non-hydrogen) atoms. The van der Waals surface area contributed by atoms with Crippen molar-refractivity contribution >= 4 is 0 Å². The van der Waals surface area contributed by atoms with Gasteiger partial charge in [0.2, 0.25) is 0 Å². The lowest BCUT2D eigenvalue weighted by Crippen LogP contribution is -2.16. The van der Waals surface area contributed by atoms with Gasteiger partial charge in [-0.1, -0.05) is 71.1 Å². The highest BCUT2D eigenvalue weighted by Gasteiger charge is 2.18. The molecule has 2 heteroatoms. The maximum atomic E-state index is 9.95. The van der Waals surface area contributed by atoms with Gasteiger partial charge in [-0.25, -0.2) is 0 Å². The summed E-state index contributed by atoms with van der Waals surface area (Å²) in [5, 5.41) is 9.95. The first kappa shape index (κ1) is 18.0. The molecule has 1 fully saturated rings. The molecule has 1 saturated heterocycles. The summed E-state index contributed by atoms with van der Waals surface area (Å²) in [6, 6.07) is 0. The lowest BCUT2D eigenvalue weighted by Gasteiger charge is -2.14. The minimum absolute atomic E-state index is 0.132. The monoisotopic (exact) mass is 284 g/mol. The third-order valence-electron chi connectivity index (χ3n) is 4.45. The van der Waals surface area contributed by atoms with Crippen LogP contribution in [-0.4, -0.2) is 23.9 Å². The van der Waals surface area contributed by atoms with Gasteiger partial charge in [-0.05, 0) is 25.7 Å². The van der Waals surface area contributed by atoms with Gasteiger partial charge in [0.15, 0.2) is 0 Å². The van der Waals surface area contributed by atoms with E-state index >= 15 is 0 Å². The molecule has 2 atom stereocenters. The predicted octanol–water partition coefficient (Wildman–Crippen LogP) is 5.23. The molecule has 0 bridgehead atoms. The van der Waals surface area contributed by atoms with Crippen LogP contribution in [0.15, 0.2) is 0 Å². The van der Waals surface area contributed by atoms with Gasteiger partial charge in [0, 0.05) is 6.61 Å². The number of aliphatic hydroxyl groups is 1. The van der Waals surface area contributed by atoms with Crippen molar-refractivity contribution in [2.24, 2.45) is 0 Å². The number of ether oxygens (including phenoxy) is 1. The van der Waals surface area contributed by atoms with E-state index in [2.05, 4.69) is 6.92 Å². The van der Waals surface area contributed by atoms with Gasteiger partial charge < -0.3 is 9.84 Å². The second-order valence-electron chi connectivity index (χ2n) is 6.50. The Morgan fingerprint density at radius 2 is 1.55 bits per heavy atom. The van der Waals surface area contributed by atoms with E-state index in [9.17, 15) is 5.11 Å². The molecule has 1 aliphatic rings. The van der Waals surface area contributed by atoms with Crippen molar-refractivity contribution < 1.29 is 9.84 Å². The first-order valence-electron chi connectivity index (χ1n) is 9.12. The molecule has 1 rings (SSSR count). The lowest BCUT2D eigenvalue weighted by molar-refractivity contribution is 0.0496. The van der Waals surface area contributed by atoms with Crippen molar-refractivity contribution in [3.8, 4) is 0 Å². The van der Waals surface area contributed by atoms with Crippen LogP contribution < -0.4 is 0 Å². The van der Waals surface area contributed by atoms with E-state index in [1.54, 1.807) is 0 Å². The largest absolute Gasteiger partial charge is 0.393 e. The van der Waals surface area contributed by atoms with E-state index in [4.69, 9.17) is 4.74 Å². The van der Waals surface area contributed by atoms with Gasteiger partial charge in [0.25, 0.3) is 0 Å². The predicted molar refractivity (Wildman–Crippen MR) is 86.1 cm³/mol. The van der Waals surface area contributed by atoms with Gasteiger partial charge in [-0.3, -0.25) is 0 Å². The van der Waals surface area contributed by atoms with Crippen LogP contribution in [0, 0.1) is 0 Å². The van der Waals surface area contributed by atoms with E-state index in [0.717, 1.165) is 25.9 Å². The fourth-order valence-electron chi connectivity index (χ4n) is 3.12. The van der Waals surface area contributed by atoms with Crippen LogP contribution in [0.5, 0.6) is 0 Å². The first-order valence-corrected chi connectivity index (χ1v) is 9.12. The minimum atomic E-state index is -0.132. The van der Waals surface area contributed by atoms with E-state index in [1.165, 1.54) is 70.6 Å². The zero-order valence-corrected chi connectivity index (χ0v) is 13.6. The second-order valence-corrected chi connectivity index (χ2v) is 6.50. The Hall–Kier alpha value is -0.0800. The van der Waals surface area contributed by atoms with Crippen molar-refractivity contribution in [2.75, 3.05) is 6.61 Å². The van der Waals surface area contributed by atoms with Crippen molar-refractivity contribution in [1.82, 2.24) is 0 Å². The third kappa shape index (κ3) is 9.77. The van der Waals surface area contributed by atoms with Crippen molar-refractivity contribution in [2.45, 2.75) is 109 Å². The van der Waals surface area contributed by atoms with Crippen LogP contribution in [0.3, 0.4) is 0 Å². The molecule has 0 aromatic rings. The standard InChI is InChI=1S/C18H36O2/c1-2-3-4-5-6-7-8-9-10-11-13-17(19)16-18-14-12-15-20-18/h17-19H,2-16H2,1H3. The average Bonchev–Trinajstić information content (AvgIpc) is 2.93. The molecular weight excluding hydrogens is 248 g/mol. The summed E-state index contributed by atoms with van der Waals surface area (Å²) in [4.78, 5) is 0. The zero-order chi connectivity index (χ0) is 14.5. The summed E-state index contributed by atoms with van der Waals surface area (Å²) < 4.78 is 5.56. The van der Waals surface area contributed by atoms with E-state index in [0.29, 0.717) is 6.10 Å². The maximum absolute atomic E-state index is 9.95. The highest BCUT2D eigenvalue weighted by Crippen LogP contribution is 2.19. The average molecular weight is 284 g/mol. The van der Waals surface area contributed by atoms with Gasteiger partial charge >= 0.3 is 0 Å². The Kier molecular flexibility index (Phi) is 11.4. The summed E-state index contributed by atoms with van der Waals surface area (Å²) in [6.07, 6.45) is 18.0. The van der Waals surface area contributed by atoms with Crippen molar-refractivity contribution in [1.29, 1.82) is 0 Å². The van der Waals surface area contributed by atoms with Gasteiger partial charge in [-0.15, -0.1) is 0 Å². The van der Waals surface area contributed by atoms with Crippen molar-refractivity contribution in [3.63, 3.8) is 0 Å². The minimum Gasteiger partial charge on any atom is -0.393 e. The maximum Gasteiger partial charge on any atom is 0.0600 e. The smallest absolute Gasteiger partial charge is 0.0600 e. The molecule has 2 nitrogen and oxygen atoms in total. The number of hydrogen-bond donors (Lipinski definition) is 1. The highest BCUT2D eigenvalue weighted by molar-refractivity contribution is 4.69. The summed E-state index contributed by atoms with van der Waals surface area (Å²) in [5.41, 5.74) is 0. The van der Waals surface area contributed by atoms with E-state index in [-0.39, 0.29) is 6.10 Å². The number of rotatable bonds is 13. The molecule has 0 aromatic carbocycles. The number of unbranched alkanes of at least 4 members (excludes halogenated alkanes) is 9.